The lowest BCUT2D eigenvalue weighted by atomic mass is 10.1. The second-order valence-corrected chi connectivity index (χ2v) is 9.94. The fourth-order valence-corrected chi connectivity index (χ4v) is 5.61. The van der Waals surface area contributed by atoms with Gasteiger partial charge in [-0.3, -0.25) is 14.5 Å². The first-order valence-electron chi connectivity index (χ1n) is 11.2. The monoisotopic (exact) mass is 488 g/mol. The number of hydrogen-bond acceptors (Lipinski definition) is 5. The van der Waals surface area contributed by atoms with E-state index < -0.39 is 0 Å². The van der Waals surface area contributed by atoms with Crippen molar-refractivity contribution in [2.45, 2.75) is 24.9 Å². The van der Waals surface area contributed by atoms with E-state index in [4.69, 9.17) is 23.2 Å². The quantitative estimate of drug-likeness (QED) is 0.630. The maximum Gasteiger partial charge on any atom is 0.237 e. The van der Waals surface area contributed by atoms with Crippen molar-refractivity contribution in [1.82, 2.24) is 9.80 Å². The summed E-state index contributed by atoms with van der Waals surface area (Å²) in [7, 11) is 0. The molecule has 2 aromatic carbocycles. The Bertz CT molecular complexity index is 1080. The van der Waals surface area contributed by atoms with Gasteiger partial charge in [0.2, 0.25) is 11.8 Å². The van der Waals surface area contributed by atoms with Crippen LogP contribution in [-0.2, 0) is 9.59 Å². The maximum absolute atomic E-state index is 13.0. The van der Waals surface area contributed by atoms with E-state index in [0.717, 1.165) is 36.8 Å². The van der Waals surface area contributed by atoms with Gasteiger partial charge in [0.05, 0.1) is 23.5 Å². The first-order valence-corrected chi connectivity index (χ1v) is 12.0. The van der Waals surface area contributed by atoms with Crippen LogP contribution in [0.5, 0.6) is 5.75 Å². The molecule has 3 fully saturated rings. The molecule has 0 aromatic heterocycles. The Morgan fingerprint density at radius 2 is 1.91 bits per heavy atom. The van der Waals surface area contributed by atoms with Crippen LogP contribution in [0.25, 0.3) is 0 Å². The van der Waals surface area contributed by atoms with Crippen molar-refractivity contribution in [3.05, 3.63) is 52.5 Å². The van der Waals surface area contributed by atoms with Crippen molar-refractivity contribution < 1.29 is 14.7 Å². The highest BCUT2D eigenvalue weighted by atomic mass is 35.5. The number of nitrogens with zero attached hydrogens (tertiary/aromatic N) is 3. The molecule has 7 nitrogen and oxygen atoms in total. The molecule has 0 spiro atoms. The van der Waals surface area contributed by atoms with E-state index in [1.54, 1.807) is 6.07 Å². The summed E-state index contributed by atoms with van der Waals surface area (Å²) in [6.45, 7) is 3.18. The number of nitrogens with one attached hydrogen (secondary N) is 1. The highest BCUT2D eigenvalue weighted by Gasteiger charge is 2.45. The molecule has 2 amide bonds. The molecular formula is C24H26Cl2N4O3. The number of halogens is 2. The van der Waals surface area contributed by atoms with E-state index in [1.165, 1.54) is 12.1 Å². The number of carbonyl (C=O) groups excluding carboxylic acids is 2. The number of fused-ring (bicyclic) bond motifs is 2. The van der Waals surface area contributed by atoms with Gasteiger partial charge in [0.25, 0.3) is 0 Å². The highest BCUT2D eigenvalue weighted by Crippen LogP contribution is 2.35. The number of anilines is 2. The third kappa shape index (κ3) is 4.63. The molecular weight excluding hydrogens is 463 g/mol. The average Bonchev–Trinajstić information content (AvgIpc) is 3.52. The molecule has 2 bridgehead atoms. The van der Waals surface area contributed by atoms with Crippen LogP contribution in [0.1, 0.15) is 12.8 Å². The van der Waals surface area contributed by atoms with Gasteiger partial charge in [-0.1, -0.05) is 29.3 Å². The topological polar surface area (TPSA) is 76.1 Å². The van der Waals surface area contributed by atoms with Crippen molar-refractivity contribution in [2.75, 3.05) is 42.9 Å². The molecule has 9 heteroatoms. The van der Waals surface area contributed by atoms with Gasteiger partial charge in [-0.25, -0.2) is 0 Å². The number of benzene rings is 2. The minimum Gasteiger partial charge on any atom is -0.506 e. The van der Waals surface area contributed by atoms with E-state index >= 15 is 0 Å². The second-order valence-electron chi connectivity index (χ2n) is 9.10. The van der Waals surface area contributed by atoms with Gasteiger partial charge in [-0.05, 0) is 55.8 Å². The molecule has 0 aliphatic carbocycles. The van der Waals surface area contributed by atoms with Crippen molar-refractivity contribution in [3.63, 3.8) is 0 Å². The standard InChI is InChI=1S/C24H26Cl2N4O3/c25-16-2-1-3-18(8-16)29-12-20-10-19(29)13-30(20)23(32)14-28-7-6-15(11-28)24(33)27-17-4-5-22(31)21(26)9-17/h1-5,8-9,15,19-20,31H,6-7,10-14H2,(H,27,33)/t15-,19?,20+/m1/s1. The van der Waals surface area contributed by atoms with Crippen LogP contribution >= 0.6 is 23.2 Å². The Balaban J connectivity index is 1.12. The zero-order chi connectivity index (χ0) is 23.1. The molecule has 2 N–H and O–H groups in total. The summed E-state index contributed by atoms with van der Waals surface area (Å²) in [5.74, 6) is -0.158. The maximum atomic E-state index is 13.0. The third-order valence-corrected chi connectivity index (χ3v) is 7.46. The number of aromatic hydroxyl groups is 1. The lowest BCUT2D eigenvalue weighted by molar-refractivity contribution is -0.133. The summed E-state index contributed by atoms with van der Waals surface area (Å²) >= 11 is 12.1. The number of hydrogen-bond donors (Lipinski definition) is 2. The molecule has 3 aliphatic heterocycles. The van der Waals surface area contributed by atoms with Gasteiger partial charge in [-0.15, -0.1) is 0 Å². The second kappa shape index (κ2) is 9.05. The minimum atomic E-state index is -0.182. The van der Waals surface area contributed by atoms with Crippen LogP contribution in [0.3, 0.4) is 0 Å². The summed E-state index contributed by atoms with van der Waals surface area (Å²) in [6.07, 6.45) is 1.69. The molecule has 174 valence electrons. The van der Waals surface area contributed by atoms with E-state index in [1.807, 2.05) is 23.1 Å². The fourth-order valence-electron chi connectivity index (χ4n) is 5.24. The van der Waals surface area contributed by atoms with Crippen LogP contribution in [-0.4, -0.2) is 71.5 Å². The first-order chi connectivity index (χ1) is 15.9. The summed E-state index contributed by atoms with van der Waals surface area (Å²) in [5, 5.41) is 13.3. The largest absolute Gasteiger partial charge is 0.506 e. The number of piperazine rings is 1. The van der Waals surface area contributed by atoms with Crippen LogP contribution < -0.4 is 10.2 Å². The molecule has 33 heavy (non-hydrogen) atoms. The van der Waals surface area contributed by atoms with Crippen LogP contribution in [0.2, 0.25) is 10.0 Å². The zero-order valence-electron chi connectivity index (χ0n) is 18.1. The van der Waals surface area contributed by atoms with Gasteiger partial charge in [0.1, 0.15) is 5.75 Å². The zero-order valence-corrected chi connectivity index (χ0v) is 19.6. The Hall–Kier alpha value is -2.48. The first kappa shape index (κ1) is 22.3. The Labute approximate surface area is 202 Å². The third-order valence-electron chi connectivity index (χ3n) is 6.92. The van der Waals surface area contributed by atoms with E-state index in [0.29, 0.717) is 31.2 Å². The molecule has 3 atom stereocenters. The molecule has 0 radical (unpaired) electrons. The summed E-state index contributed by atoms with van der Waals surface area (Å²) in [4.78, 5) is 32.1. The Morgan fingerprint density at radius 1 is 1.06 bits per heavy atom. The number of carbonyl (C=O) groups is 2. The average molecular weight is 489 g/mol. The van der Waals surface area contributed by atoms with Gasteiger partial charge >= 0.3 is 0 Å². The lowest BCUT2D eigenvalue weighted by Gasteiger charge is -2.36. The predicted octanol–water partition coefficient (Wildman–Crippen LogP) is 3.45. The number of rotatable bonds is 5. The van der Waals surface area contributed by atoms with Crippen molar-refractivity contribution in [3.8, 4) is 5.75 Å². The predicted molar refractivity (Wildman–Crippen MR) is 129 cm³/mol. The SMILES string of the molecule is O=C(Nc1ccc(O)c(Cl)c1)[C@@H]1CCN(CC(=O)N2CC3C[C@H]2CN3c2cccc(Cl)c2)C1. The lowest BCUT2D eigenvalue weighted by Crippen LogP contribution is -2.51. The Morgan fingerprint density at radius 3 is 2.64 bits per heavy atom. The number of amides is 2. The van der Waals surface area contributed by atoms with Crippen LogP contribution in [0, 0.1) is 5.92 Å². The van der Waals surface area contributed by atoms with Crippen molar-refractivity contribution in [2.24, 2.45) is 5.92 Å². The summed E-state index contributed by atoms with van der Waals surface area (Å²) in [6, 6.07) is 13.0. The number of likely N-dealkylation sites (tertiary alicyclic amines) is 2. The fraction of sp³-hybridized carbons (Fsp3) is 0.417. The molecule has 3 heterocycles. The van der Waals surface area contributed by atoms with Crippen molar-refractivity contribution >= 4 is 46.4 Å². The number of phenols is 1. The van der Waals surface area contributed by atoms with Gasteiger partial charge in [0, 0.05) is 42.1 Å². The van der Waals surface area contributed by atoms with E-state index in [-0.39, 0.29) is 34.5 Å². The van der Waals surface area contributed by atoms with Crippen molar-refractivity contribution in [1.29, 1.82) is 0 Å². The molecule has 1 unspecified atom stereocenters. The Kier molecular flexibility index (Phi) is 6.12. The summed E-state index contributed by atoms with van der Waals surface area (Å²) in [5.41, 5.74) is 1.67. The highest BCUT2D eigenvalue weighted by molar-refractivity contribution is 6.32. The van der Waals surface area contributed by atoms with Crippen LogP contribution in [0.4, 0.5) is 11.4 Å². The minimum absolute atomic E-state index is 0.0217. The smallest absolute Gasteiger partial charge is 0.237 e. The van der Waals surface area contributed by atoms with Gasteiger partial charge in [0.15, 0.2) is 0 Å². The van der Waals surface area contributed by atoms with E-state index in [2.05, 4.69) is 21.2 Å². The van der Waals surface area contributed by atoms with E-state index in [9.17, 15) is 14.7 Å². The molecule has 2 aromatic rings. The van der Waals surface area contributed by atoms with Gasteiger partial charge < -0.3 is 20.2 Å². The van der Waals surface area contributed by atoms with Gasteiger partial charge in [-0.2, -0.15) is 0 Å². The molecule has 3 aliphatic rings. The van der Waals surface area contributed by atoms with Crippen LogP contribution in [0.15, 0.2) is 42.5 Å². The normalized spacial score (nSPS) is 24.5. The molecule has 0 saturated carbocycles. The number of phenolic OH excluding ortho intramolecular Hbond substituents is 1. The summed E-state index contributed by atoms with van der Waals surface area (Å²) < 4.78 is 0. The molecule has 3 saturated heterocycles. The molecule has 5 rings (SSSR count).